The number of unbranched alkanes of at least 4 members (excludes halogenated alkanes) is 1. The fraction of sp³-hybridized carbons (Fsp3) is 0.500. The van der Waals surface area contributed by atoms with Gasteiger partial charge in [-0.05, 0) is 37.9 Å². The Morgan fingerprint density at radius 1 is 1.35 bits per heavy atom. The van der Waals surface area contributed by atoms with Gasteiger partial charge in [-0.15, -0.1) is 12.4 Å². The average Bonchev–Trinajstić information content (AvgIpc) is 2.24. The fourth-order valence-corrected chi connectivity index (χ4v) is 1.96. The van der Waals surface area contributed by atoms with Gasteiger partial charge >= 0.3 is 0 Å². The third kappa shape index (κ3) is 4.43. The quantitative estimate of drug-likeness (QED) is 0.813. The molecule has 1 rings (SSSR count). The SMILES string of the molecule is Cc1ccc(F)c([C@@H](N)CCCCN)c1Cl.Cl. The van der Waals surface area contributed by atoms with E-state index in [1.54, 1.807) is 6.07 Å². The maximum atomic E-state index is 13.6. The second kappa shape index (κ2) is 7.88. The summed E-state index contributed by atoms with van der Waals surface area (Å²) < 4.78 is 13.6. The third-order valence-electron chi connectivity index (χ3n) is 2.66. The van der Waals surface area contributed by atoms with Crippen LogP contribution in [-0.2, 0) is 0 Å². The first kappa shape index (κ1) is 16.6. The second-order valence-electron chi connectivity index (χ2n) is 3.98. The van der Waals surface area contributed by atoms with Gasteiger partial charge in [0.05, 0.1) is 5.02 Å². The summed E-state index contributed by atoms with van der Waals surface area (Å²) in [5.41, 5.74) is 12.6. The van der Waals surface area contributed by atoms with E-state index in [2.05, 4.69) is 0 Å². The predicted octanol–water partition coefficient (Wildman–Crippen LogP) is 3.34. The highest BCUT2D eigenvalue weighted by atomic mass is 35.5. The van der Waals surface area contributed by atoms with E-state index >= 15 is 0 Å². The zero-order valence-corrected chi connectivity index (χ0v) is 11.5. The molecule has 5 heteroatoms. The molecule has 1 aromatic carbocycles. The number of hydrogen-bond acceptors (Lipinski definition) is 2. The van der Waals surface area contributed by atoms with Crippen LogP contribution in [0, 0.1) is 12.7 Å². The van der Waals surface area contributed by atoms with Crippen LogP contribution in [0.3, 0.4) is 0 Å². The van der Waals surface area contributed by atoms with Crippen molar-refractivity contribution < 1.29 is 4.39 Å². The molecule has 0 saturated carbocycles. The molecule has 0 saturated heterocycles. The average molecular weight is 281 g/mol. The number of hydrogen-bond donors (Lipinski definition) is 2. The zero-order chi connectivity index (χ0) is 12.1. The zero-order valence-electron chi connectivity index (χ0n) is 9.88. The van der Waals surface area contributed by atoms with E-state index < -0.39 is 0 Å². The summed E-state index contributed by atoms with van der Waals surface area (Å²) in [6, 6.07) is 2.73. The van der Waals surface area contributed by atoms with Crippen LogP contribution in [0.5, 0.6) is 0 Å². The molecular formula is C12H19Cl2FN2. The van der Waals surface area contributed by atoms with Crippen LogP contribution in [0.15, 0.2) is 12.1 Å². The van der Waals surface area contributed by atoms with Crippen LogP contribution in [-0.4, -0.2) is 6.54 Å². The van der Waals surface area contributed by atoms with Gasteiger partial charge in [0.15, 0.2) is 0 Å². The van der Waals surface area contributed by atoms with Crippen LogP contribution in [0.4, 0.5) is 4.39 Å². The summed E-state index contributed by atoms with van der Waals surface area (Å²) in [5, 5.41) is 0.445. The Kier molecular flexibility index (Phi) is 7.71. The summed E-state index contributed by atoms with van der Waals surface area (Å²) in [5.74, 6) is -0.323. The Hall–Kier alpha value is -0.350. The van der Waals surface area contributed by atoms with Crippen LogP contribution in [0.1, 0.15) is 36.4 Å². The van der Waals surface area contributed by atoms with Crippen molar-refractivity contribution in [1.82, 2.24) is 0 Å². The van der Waals surface area contributed by atoms with Crippen LogP contribution < -0.4 is 11.5 Å². The molecule has 0 aliphatic heterocycles. The van der Waals surface area contributed by atoms with Gasteiger partial charge < -0.3 is 11.5 Å². The van der Waals surface area contributed by atoms with E-state index in [0.717, 1.165) is 18.4 Å². The van der Waals surface area contributed by atoms with E-state index in [1.165, 1.54) is 6.07 Å². The highest BCUT2D eigenvalue weighted by Gasteiger charge is 2.16. The molecule has 0 radical (unpaired) electrons. The van der Waals surface area contributed by atoms with Gasteiger partial charge in [-0.1, -0.05) is 24.1 Å². The molecule has 0 aliphatic rings. The maximum absolute atomic E-state index is 13.6. The summed E-state index contributed by atoms with van der Waals surface area (Å²) in [4.78, 5) is 0. The number of aryl methyl sites for hydroxylation is 1. The van der Waals surface area contributed by atoms with Crippen molar-refractivity contribution in [2.75, 3.05) is 6.54 Å². The first-order valence-electron chi connectivity index (χ1n) is 5.48. The topological polar surface area (TPSA) is 52.0 Å². The molecule has 0 aromatic heterocycles. The molecule has 17 heavy (non-hydrogen) atoms. The van der Waals surface area contributed by atoms with Crippen molar-refractivity contribution in [3.63, 3.8) is 0 Å². The first-order valence-corrected chi connectivity index (χ1v) is 5.86. The largest absolute Gasteiger partial charge is 0.330 e. The Labute approximate surface area is 113 Å². The van der Waals surface area contributed by atoms with Crippen molar-refractivity contribution in [1.29, 1.82) is 0 Å². The van der Waals surface area contributed by atoms with Gasteiger partial charge in [0, 0.05) is 11.6 Å². The standard InChI is InChI=1S/C12H18ClFN2.ClH/c1-8-5-6-9(14)11(12(8)13)10(16)4-2-3-7-15;/h5-6,10H,2-4,7,15-16H2,1H3;1H/t10-;/m0./s1. The number of halogens is 3. The van der Waals surface area contributed by atoms with Gasteiger partial charge in [-0.2, -0.15) is 0 Å². The summed E-state index contributed by atoms with van der Waals surface area (Å²) in [6.45, 7) is 2.48. The molecule has 0 unspecified atom stereocenters. The lowest BCUT2D eigenvalue weighted by Gasteiger charge is -2.15. The molecule has 1 aromatic rings. The van der Waals surface area contributed by atoms with Gasteiger partial charge in [0.2, 0.25) is 0 Å². The lowest BCUT2D eigenvalue weighted by molar-refractivity contribution is 0.543. The number of benzene rings is 1. The number of rotatable bonds is 5. The Morgan fingerprint density at radius 3 is 2.59 bits per heavy atom. The molecule has 1 atom stereocenters. The van der Waals surface area contributed by atoms with Crippen molar-refractivity contribution in [2.45, 2.75) is 32.2 Å². The predicted molar refractivity (Wildman–Crippen MR) is 73.2 cm³/mol. The molecule has 0 spiro atoms. The molecular weight excluding hydrogens is 262 g/mol. The monoisotopic (exact) mass is 280 g/mol. The molecule has 4 N–H and O–H groups in total. The molecule has 0 aliphatic carbocycles. The summed E-state index contributed by atoms with van der Waals surface area (Å²) >= 11 is 6.06. The molecule has 2 nitrogen and oxygen atoms in total. The van der Waals surface area contributed by atoms with E-state index in [4.69, 9.17) is 23.1 Å². The molecule has 0 amide bonds. The van der Waals surface area contributed by atoms with Crippen molar-refractivity contribution >= 4 is 24.0 Å². The molecule has 0 fully saturated rings. The van der Waals surface area contributed by atoms with Crippen LogP contribution in [0.2, 0.25) is 5.02 Å². The third-order valence-corrected chi connectivity index (χ3v) is 3.16. The first-order chi connectivity index (χ1) is 7.57. The van der Waals surface area contributed by atoms with Gasteiger partial charge in [0.25, 0.3) is 0 Å². The van der Waals surface area contributed by atoms with Crippen molar-refractivity contribution in [3.05, 3.63) is 34.1 Å². The summed E-state index contributed by atoms with van der Waals surface area (Å²) in [7, 11) is 0. The highest BCUT2D eigenvalue weighted by Crippen LogP contribution is 2.30. The lowest BCUT2D eigenvalue weighted by Crippen LogP contribution is -2.14. The minimum absolute atomic E-state index is 0. The number of nitrogens with two attached hydrogens (primary N) is 2. The summed E-state index contributed by atoms with van der Waals surface area (Å²) in [6.07, 6.45) is 2.50. The maximum Gasteiger partial charge on any atom is 0.129 e. The Balaban J connectivity index is 0.00000256. The fourth-order valence-electron chi connectivity index (χ4n) is 1.67. The van der Waals surface area contributed by atoms with E-state index in [9.17, 15) is 4.39 Å². The van der Waals surface area contributed by atoms with E-state index in [0.29, 0.717) is 23.6 Å². The lowest BCUT2D eigenvalue weighted by atomic mass is 9.99. The highest BCUT2D eigenvalue weighted by molar-refractivity contribution is 6.32. The minimum Gasteiger partial charge on any atom is -0.330 e. The van der Waals surface area contributed by atoms with Gasteiger partial charge in [-0.25, -0.2) is 4.39 Å². The van der Waals surface area contributed by atoms with E-state index in [-0.39, 0.29) is 24.3 Å². The Morgan fingerprint density at radius 2 is 2.00 bits per heavy atom. The molecule has 0 heterocycles. The van der Waals surface area contributed by atoms with Crippen LogP contribution in [0.25, 0.3) is 0 Å². The van der Waals surface area contributed by atoms with Gasteiger partial charge in [-0.3, -0.25) is 0 Å². The molecule has 98 valence electrons. The Bertz CT molecular complexity index is 359. The van der Waals surface area contributed by atoms with Crippen molar-refractivity contribution in [3.8, 4) is 0 Å². The smallest absolute Gasteiger partial charge is 0.129 e. The minimum atomic E-state index is -0.348. The van der Waals surface area contributed by atoms with Crippen molar-refractivity contribution in [2.24, 2.45) is 11.5 Å². The van der Waals surface area contributed by atoms with Gasteiger partial charge in [0.1, 0.15) is 5.82 Å². The normalized spacial score (nSPS) is 12.1. The second-order valence-corrected chi connectivity index (χ2v) is 4.36. The van der Waals surface area contributed by atoms with E-state index in [1.807, 2.05) is 6.92 Å². The molecule has 0 bridgehead atoms. The van der Waals surface area contributed by atoms with Crippen LogP contribution >= 0.6 is 24.0 Å².